The summed E-state index contributed by atoms with van der Waals surface area (Å²) in [7, 11) is 0. The monoisotopic (exact) mass is 460 g/mol. The largest absolute Gasteiger partial charge is 0.450 e. The van der Waals surface area contributed by atoms with Crippen LogP contribution in [0.15, 0.2) is 72.1 Å². The molecule has 0 fully saturated rings. The minimum Gasteiger partial charge on any atom is -0.450 e. The number of amides is 1. The molecule has 2 aliphatic rings. The molecule has 8 nitrogen and oxygen atoms in total. The highest BCUT2D eigenvalue weighted by Crippen LogP contribution is 2.33. The van der Waals surface area contributed by atoms with Gasteiger partial charge in [0.25, 0.3) is 0 Å². The molecule has 3 aromatic rings. The average molecular weight is 460 g/mol. The Morgan fingerprint density at radius 3 is 2.85 bits per heavy atom. The zero-order valence-electron chi connectivity index (χ0n) is 17.8. The molecule has 10 heteroatoms. The molecule has 5 rings (SSSR count). The number of rotatable bonds is 6. The number of aliphatic imine (C=N–C) groups is 1. The fourth-order valence-electron chi connectivity index (χ4n) is 3.58. The van der Waals surface area contributed by atoms with Crippen LogP contribution in [0.3, 0.4) is 0 Å². The van der Waals surface area contributed by atoms with E-state index in [-0.39, 0.29) is 11.7 Å². The van der Waals surface area contributed by atoms with Gasteiger partial charge < -0.3 is 20.3 Å². The summed E-state index contributed by atoms with van der Waals surface area (Å²) in [5, 5.41) is 5.83. The molecule has 2 N–H and O–H groups in total. The first-order valence-corrected chi connectivity index (χ1v) is 10.3. The van der Waals surface area contributed by atoms with E-state index in [4.69, 9.17) is 4.74 Å². The maximum Gasteiger partial charge on any atom is 0.247 e. The van der Waals surface area contributed by atoms with E-state index in [0.717, 1.165) is 12.1 Å². The van der Waals surface area contributed by atoms with Gasteiger partial charge in [-0.25, -0.2) is 13.8 Å². The van der Waals surface area contributed by atoms with E-state index in [2.05, 4.69) is 32.2 Å². The van der Waals surface area contributed by atoms with Crippen molar-refractivity contribution in [1.82, 2.24) is 9.97 Å². The van der Waals surface area contributed by atoms with E-state index in [1.807, 2.05) is 11.0 Å². The van der Waals surface area contributed by atoms with Crippen molar-refractivity contribution in [2.24, 2.45) is 4.99 Å². The predicted molar refractivity (Wildman–Crippen MR) is 125 cm³/mol. The Kier molecular flexibility index (Phi) is 5.46. The van der Waals surface area contributed by atoms with Gasteiger partial charge in [-0.3, -0.25) is 9.79 Å². The second kappa shape index (κ2) is 8.74. The summed E-state index contributed by atoms with van der Waals surface area (Å²) in [5.41, 5.74) is 1.94. The lowest BCUT2D eigenvalue weighted by molar-refractivity contribution is -0.111. The van der Waals surface area contributed by atoms with Gasteiger partial charge in [-0.15, -0.1) is 0 Å². The van der Waals surface area contributed by atoms with E-state index in [1.165, 1.54) is 12.1 Å². The molecule has 0 atom stereocenters. The summed E-state index contributed by atoms with van der Waals surface area (Å²) in [5.74, 6) is -0.104. The van der Waals surface area contributed by atoms with Crippen molar-refractivity contribution in [3.63, 3.8) is 0 Å². The van der Waals surface area contributed by atoms with Crippen molar-refractivity contribution >= 4 is 41.0 Å². The van der Waals surface area contributed by atoms with Crippen LogP contribution < -0.4 is 20.3 Å². The van der Waals surface area contributed by atoms with Crippen LogP contribution in [0.1, 0.15) is 5.56 Å². The Balaban J connectivity index is 1.42. The number of hydrogen-bond donors (Lipinski definition) is 2. The Hall–Kier alpha value is -4.60. The highest BCUT2D eigenvalue weighted by molar-refractivity contribution is 6.15. The maximum atomic E-state index is 14.1. The molecule has 0 saturated heterocycles. The highest BCUT2D eigenvalue weighted by Gasteiger charge is 2.31. The number of anilines is 4. The van der Waals surface area contributed by atoms with Gasteiger partial charge >= 0.3 is 0 Å². The number of carbonyl (C=O) groups is 1. The van der Waals surface area contributed by atoms with Crippen molar-refractivity contribution in [3.8, 4) is 5.75 Å². The number of carbonyl (C=O) groups excluding carboxylic acids is 1. The molecule has 3 heterocycles. The molecule has 170 valence electrons. The SMILES string of the molecule is C=CC(=O)Nc1cccc(Nc2ncc3c(n2)N2CCN=C2C(Oc2ccc(F)cc2F)=C3)c1. The Morgan fingerprint density at radius 1 is 1.18 bits per heavy atom. The molecular weight excluding hydrogens is 442 g/mol. The first-order chi connectivity index (χ1) is 16.5. The van der Waals surface area contributed by atoms with Gasteiger partial charge in [0, 0.05) is 35.7 Å². The molecule has 2 aliphatic heterocycles. The lowest BCUT2D eigenvalue weighted by Gasteiger charge is -2.27. The number of benzene rings is 2. The van der Waals surface area contributed by atoms with E-state index >= 15 is 0 Å². The van der Waals surface area contributed by atoms with Crippen molar-refractivity contribution in [2.45, 2.75) is 0 Å². The third-order valence-corrected chi connectivity index (χ3v) is 5.08. The van der Waals surface area contributed by atoms with E-state index in [1.54, 1.807) is 30.5 Å². The minimum atomic E-state index is -0.806. The Labute approximate surface area is 193 Å². The lowest BCUT2D eigenvalue weighted by atomic mass is 10.1. The van der Waals surface area contributed by atoms with Gasteiger partial charge in [0.2, 0.25) is 11.9 Å². The van der Waals surface area contributed by atoms with Crippen molar-refractivity contribution in [3.05, 3.63) is 84.3 Å². The molecule has 1 aromatic heterocycles. The summed E-state index contributed by atoms with van der Waals surface area (Å²) in [6.07, 6.45) is 4.49. The first-order valence-electron chi connectivity index (χ1n) is 10.3. The molecular formula is C24H18F2N6O2. The second-order valence-electron chi connectivity index (χ2n) is 7.41. The molecule has 0 saturated carbocycles. The zero-order valence-corrected chi connectivity index (χ0v) is 17.8. The van der Waals surface area contributed by atoms with Gasteiger partial charge in [-0.2, -0.15) is 4.98 Å². The fourth-order valence-corrected chi connectivity index (χ4v) is 3.58. The summed E-state index contributed by atoms with van der Waals surface area (Å²) >= 11 is 0. The highest BCUT2D eigenvalue weighted by atomic mass is 19.1. The average Bonchev–Trinajstić information content (AvgIpc) is 3.32. The van der Waals surface area contributed by atoms with Gasteiger partial charge in [0.1, 0.15) is 11.6 Å². The summed E-state index contributed by atoms with van der Waals surface area (Å²) in [6, 6.07) is 10.2. The van der Waals surface area contributed by atoms with E-state index < -0.39 is 11.6 Å². The van der Waals surface area contributed by atoms with Crippen molar-refractivity contribution in [1.29, 1.82) is 0 Å². The molecule has 0 aliphatic carbocycles. The summed E-state index contributed by atoms with van der Waals surface area (Å²) in [6.45, 7) is 4.52. The Morgan fingerprint density at radius 2 is 2.03 bits per heavy atom. The number of fused-ring (bicyclic) bond motifs is 3. The molecule has 2 aromatic carbocycles. The summed E-state index contributed by atoms with van der Waals surface area (Å²) < 4.78 is 33.1. The topological polar surface area (TPSA) is 91.7 Å². The minimum absolute atomic E-state index is 0.103. The van der Waals surface area contributed by atoms with E-state index in [9.17, 15) is 13.6 Å². The van der Waals surface area contributed by atoms with Gasteiger partial charge in [0.05, 0.1) is 6.54 Å². The number of ether oxygens (including phenoxy) is 1. The zero-order chi connectivity index (χ0) is 23.7. The third-order valence-electron chi connectivity index (χ3n) is 5.08. The molecule has 0 radical (unpaired) electrons. The van der Waals surface area contributed by atoms with Crippen LogP contribution in [-0.2, 0) is 4.79 Å². The van der Waals surface area contributed by atoms with Gasteiger partial charge in [-0.1, -0.05) is 12.6 Å². The Bertz CT molecular complexity index is 1370. The van der Waals surface area contributed by atoms with Crippen LogP contribution in [0, 0.1) is 11.6 Å². The smallest absolute Gasteiger partial charge is 0.247 e. The van der Waals surface area contributed by atoms with Crippen LogP contribution in [0.2, 0.25) is 0 Å². The molecule has 0 unspecified atom stereocenters. The fraction of sp³-hybridized carbons (Fsp3) is 0.0833. The normalized spacial score (nSPS) is 13.9. The van der Waals surface area contributed by atoms with E-state index in [0.29, 0.717) is 53.4 Å². The number of nitrogens with one attached hydrogen (secondary N) is 2. The van der Waals surface area contributed by atoms with Crippen LogP contribution in [-0.4, -0.2) is 34.8 Å². The van der Waals surface area contributed by atoms with Crippen LogP contribution >= 0.6 is 0 Å². The van der Waals surface area contributed by atoms with Gasteiger partial charge in [-0.05, 0) is 42.5 Å². The molecule has 0 bridgehead atoms. The lowest BCUT2D eigenvalue weighted by Crippen LogP contribution is -2.34. The number of aromatic nitrogens is 2. The van der Waals surface area contributed by atoms with Gasteiger partial charge in [0.15, 0.2) is 23.2 Å². The van der Waals surface area contributed by atoms with Crippen molar-refractivity contribution < 1.29 is 18.3 Å². The molecule has 1 amide bonds. The second-order valence-corrected chi connectivity index (χ2v) is 7.41. The van der Waals surface area contributed by atoms with Crippen LogP contribution in [0.4, 0.5) is 31.9 Å². The quantitative estimate of drug-likeness (QED) is 0.534. The number of hydrogen-bond acceptors (Lipinski definition) is 7. The number of nitrogens with zero attached hydrogens (tertiary/aromatic N) is 4. The third kappa shape index (κ3) is 4.20. The summed E-state index contributed by atoms with van der Waals surface area (Å²) in [4.78, 5) is 26.9. The van der Waals surface area contributed by atoms with Crippen molar-refractivity contribution in [2.75, 3.05) is 28.6 Å². The number of amidine groups is 1. The first kappa shape index (κ1) is 21.3. The maximum absolute atomic E-state index is 14.1. The number of halogens is 2. The van der Waals surface area contributed by atoms with Crippen LogP contribution in [0.5, 0.6) is 5.75 Å². The molecule has 0 spiro atoms. The predicted octanol–water partition coefficient (Wildman–Crippen LogP) is 4.27. The molecule has 34 heavy (non-hydrogen) atoms. The van der Waals surface area contributed by atoms with Crippen LogP contribution in [0.25, 0.3) is 6.08 Å². The standard InChI is InChI=1S/C24H18F2N6O2/c1-2-21(33)29-16-4-3-5-17(12-16)30-24-28-13-14-10-20(23-27-8-9-32(23)22(14)31-24)34-19-7-6-15(25)11-18(19)26/h2-7,10-13H,1,8-9H2,(H,29,33)(H,28,30,31).